The van der Waals surface area contributed by atoms with Crippen LogP contribution in [0, 0.1) is 12.3 Å². The average Bonchev–Trinajstić information content (AvgIpc) is 2.09. The van der Waals surface area contributed by atoms with E-state index in [0.29, 0.717) is 0 Å². The van der Waals surface area contributed by atoms with Gasteiger partial charge in [0.2, 0.25) is 0 Å². The second kappa shape index (κ2) is 4.62. The van der Waals surface area contributed by atoms with Gasteiger partial charge in [-0.15, -0.1) is 12.3 Å². The van der Waals surface area contributed by atoms with Crippen LogP contribution < -0.4 is 0 Å². The molecule has 0 saturated heterocycles. The normalized spacial score (nSPS) is 9.33. The van der Waals surface area contributed by atoms with E-state index in [-0.39, 0.29) is 0 Å². The average molecular weight is 158 g/mol. The molecule has 0 radical (unpaired) electrons. The highest BCUT2D eigenvalue weighted by atomic mass is 14.1. The molecule has 0 aromatic heterocycles. The van der Waals surface area contributed by atoms with Gasteiger partial charge in [0, 0.05) is 6.42 Å². The van der Waals surface area contributed by atoms with Gasteiger partial charge in [0.25, 0.3) is 0 Å². The Morgan fingerprint density at radius 1 is 1.17 bits per heavy atom. The van der Waals surface area contributed by atoms with Crippen LogP contribution >= 0.6 is 0 Å². The lowest BCUT2D eigenvalue weighted by atomic mass is 9.95. The lowest BCUT2D eigenvalue weighted by Crippen LogP contribution is -1.85. The Morgan fingerprint density at radius 2 is 1.67 bits per heavy atom. The van der Waals surface area contributed by atoms with Crippen molar-refractivity contribution in [1.82, 2.24) is 0 Å². The van der Waals surface area contributed by atoms with Crippen LogP contribution in [0.5, 0.6) is 0 Å². The lowest BCUT2D eigenvalue weighted by Gasteiger charge is -2.10. The van der Waals surface area contributed by atoms with Crippen molar-refractivity contribution in [2.24, 2.45) is 0 Å². The number of hydrogen-bond donors (Lipinski definition) is 0. The SMILES string of the molecule is C#CCCCC.c1cc2ccc1-2. The fourth-order valence-electron chi connectivity index (χ4n) is 0.942. The van der Waals surface area contributed by atoms with Crippen molar-refractivity contribution in [3.8, 4) is 23.5 Å². The van der Waals surface area contributed by atoms with Crippen LogP contribution in [0.2, 0.25) is 0 Å². The summed E-state index contributed by atoms with van der Waals surface area (Å²) in [6.45, 7) is 2.14. The highest BCUT2D eigenvalue weighted by molar-refractivity contribution is 5.75. The van der Waals surface area contributed by atoms with Crippen LogP contribution in [0.25, 0.3) is 11.1 Å². The first-order valence-electron chi connectivity index (χ1n) is 4.42. The first-order chi connectivity index (χ1) is 5.88. The molecule has 0 fully saturated rings. The monoisotopic (exact) mass is 158 g/mol. The van der Waals surface area contributed by atoms with Crippen LogP contribution in [0.4, 0.5) is 0 Å². The van der Waals surface area contributed by atoms with E-state index in [4.69, 9.17) is 6.42 Å². The number of terminal acetylenes is 1. The van der Waals surface area contributed by atoms with E-state index in [2.05, 4.69) is 37.1 Å². The predicted octanol–water partition coefficient (Wildman–Crippen LogP) is 3.48. The van der Waals surface area contributed by atoms with Gasteiger partial charge in [-0.3, -0.25) is 0 Å². The van der Waals surface area contributed by atoms with E-state index in [9.17, 15) is 0 Å². The number of benzene rings is 1. The standard InChI is InChI=1S/C6H4.C6H10/c1-2-6-4-3-5(1)6;1-3-5-6-4-2/h1-4H;1H,4-6H2,2H3. The second-order valence-electron chi connectivity index (χ2n) is 2.89. The van der Waals surface area contributed by atoms with E-state index < -0.39 is 0 Å². The fraction of sp³-hybridized carbons (Fsp3) is 0.333. The Balaban J connectivity index is 0.000000120. The third kappa shape index (κ3) is 2.13. The molecule has 2 aliphatic carbocycles. The van der Waals surface area contributed by atoms with Crippen LogP contribution in [0.3, 0.4) is 0 Å². The molecule has 0 spiro atoms. The van der Waals surface area contributed by atoms with Gasteiger partial charge in [-0.25, -0.2) is 0 Å². The van der Waals surface area contributed by atoms with Crippen molar-refractivity contribution in [3.05, 3.63) is 24.3 Å². The van der Waals surface area contributed by atoms with Gasteiger partial charge < -0.3 is 0 Å². The molecule has 0 atom stereocenters. The Hall–Kier alpha value is -1.22. The summed E-state index contributed by atoms with van der Waals surface area (Å²) in [5, 5.41) is 0. The van der Waals surface area contributed by atoms with Gasteiger partial charge in [-0.2, -0.15) is 0 Å². The third-order valence-electron chi connectivity index (χ3n) is 1.89. The van der Waals surface area contributed by atoms with Gasteiger partial charge in [-0.1, -0.05) is 37.6 Å². The maximum atomic E-state index is 4.96. The summed E-state index contributed by atoms with van der Waals surface area (Å²) >= 11 is 0. The molecule has 0 nitrogen and oxygen atoms in total. The molecule has 0 aromatic rings. The van der Waals surface area contributed by atoms with E-state index >= 15 is 0 Å². The fourth-order valence-corrected chi connectivity index (χ4v) is 0.942. The largest absolute Gasteiger partial charge is 0.120 e. The maximum Gasteiger partial charge on any atom is 0.00859 e. The van der Waals surface area contributed by atoms with E-state index in [1.807, 2.05) is 0 Å². The zero-order chi connectivity index (χ0) is 8.81. The molecule has 62 valence electrons. The van der Waals surface area contributed by atoms with Crippen molar-refractivity contribution in [3.63, 3.8) is 0 Å². The molecular formula is C12H14. The number of hydrogen-bond acceptors (Lipinski definition) is 0. The van der Waals surface area contributed by atoms with E-state index in [1.54, 1.807) is 0 Å². The van der Waals surface area contributed by atoms with Gasteiger partial charge in [-0.05, 0) is 17.5 Å². The summed E-state index contributed by atoms with van der Waals surface area (Å²) in [4.78, 5) is 0. The summed E-state index contributed by atoms with van der Waals surface area (Å²) in [7, 11) is 0. The highest BCUT2D eigenvalue weighted by Crippen LogP contribution is 2.29. The van der Waals surface area contributed by atoms with Crippen molar-refractivity contribution in [2.75, 3.05) is 0 Å². The number of rotatable bonds is 2. The first kappa shape index (κ1) is 8.87. The quantitative estimate of drug-likeness (QED) is 0.463. The van der Waals surface area contributed by atoms with Crippen molar-refractivity contribution in [2.45, 2.75) is 26.2 Å². The minimum atomic E-state index is 0.941. The van der Waals surface area contributed by atoms with E-state index in [1.165, 1.54) is 24.0 Å². The summed E-state index contributed by atoms with van der Waals surface area (Å²) in [6, 6.07) is 8.48. The van der Waals surface area contributed by atoms with Gasteiger partial charge >= 0.3 is 0 Å². The summed E-state index contributed by atoms with van der Waals surface area (Å²) in [5.74, 6) is 2.57. The Morgan fingerprint density at radius 3 is 1.75 bits per heavy atom. The van der Waals surface area contributed by atoms with Crippen molar-refractivity contribution >= 4 is 0 Å². The highest BCUT2D eigenvalue weighted by Gasteiger charge is 2.03. The van der Waals surface area contributed by atoms with Crippen LogP contribution in [0.15, 0.2) is 24.3 Å². The molecule has 0 heterocycles. The summed E-state index contributed by atoms with van der Waals surface area (Å²) in [5.41, 5.74) is 2.85. The molecule has 0 heteroatoms. The molecule has 0 unspecified atom stereocenters. The molecule has 0 amide bonds. The molecule has 0 bridgehead atoms. The maximum absolute atomic E-state index is 4.96. The second-order valence-corrected chi connectivity index (χ2v) is 2.89. The molecule has 2 aliphatic rings. The Labute approximate surface area is 74.6 Å². The minimum absolute atomic E-state index is 0.941. The smallest absolute Gasteiger partial charge is 0.00859 e. The third-order valence-corrected chi connectivity index (χ3v) is 1.89. The summed E-state index contributed by atoms with van der Waals surface area (Å²) in [6.07, 6.45) is 8.30. The van der Waals surface area contributed by atoms with Gasteiger partial charge in [0.15, 0.2) is 0 Å². The van der Waals surface area contributed by atoms with Gasteiger partial charge in [0.1, 0.15) is 0 Å². The molecule has 0 N–H and O–H groups in total. The zero-order valence-corrected chi connectivity index (χ0v) is 7.51. The first-order valence-corrected chi connectivity index (χ1v) is 4.42. The molecular weight excluding hydrogens is 144 g/mol. The van der Waals surface area contributed by atoms with Crippen LogP contribution in [-0.4, -0.2) is 0 Å². The molecule has 0 saturated carbocycles. The van der Waals surface area contributed by atoms with Crippen molar-refractivity contribution in [1.29, 1.82) is 0 Å². The Bertz CT molecular complexity index is 240. The van der Waals surface area contributed by atoms with Crippen LogP contribution in [-0.2, 0) is 0 Å². The van der Waals surface area contributed by atoms with Crippen molar-refractivity contribution < 1.29 is 0 Å². The molecule has 0 aromatic carbocycles. The van der Waals surface area contributed by atoms with Gasteiger partial charge in [0.05, 0.1) is 0 Å². The lowest BCUT2D eigenvalue weighted by molar-refractivity contribution is 0.828. The van der Waals surface area contributed by atoms with Crippen LogP contribution in [0.1, 0.15) is 26.2 Å². The molecule has 0 aliphatic heterocycles. The molecule has 2 rings (SSSR count). The number of unbranched alkanes of at least 4 members (excludes halogenated alkanes) is 2. The zero-order valence-electron chi connectivity index (χ0n) is 7.51. The summed E-state index contributed by atoms with van der Waals surface area (Å²) < 4.78 is 0. The topological polar surface area (TPSA) is 0 Å². The minimum Gasteiger partial charge on any atom is -0.120 e. The predicted molar refractivity (Wildman–Crippen MR) is 53.8 cm³/mol. The Kier molecular flexibility index (Phi) is 3.41. The molecule has 12 heavy (non-hydrogen) atoms. The number of fused-ring (bicyclic) bond motifs is 1. The van der Waals surface area contributed by atoms with E-state index in [0.717, 1.165) is 6.42 Å².